The lowest BCUT2D eigenvalue weighted by molar-refractivity contribution is -0.121. The molecule has 0 radical (unpaired) electrons. The van der Waals surface area contributed by atoms with E-state index in [1.54, 1.807) is 7.11 Å². The molecule has 28 heavy (non-hydrogen) atoms. The van der Waals surface area contributed by atoms with E-state index in [0.717, 1.165) is 51.6 Å². The fraction of sp³-hybridized carbons (Fsp3) is 1.00. The minimum Gasteiger partial charge on any atom is -0.598 e. The van der Waals surface area contributed by atoms with E-state index >= 15 is 0 Å². The minimum atomic E-state index is -1.10. The Morgan fingerprint density at radius 2 is 1.79 bits per heavy atom. The minimum absolute atomic E-state index is 0.0447. The Bertz CT molecular complexity index is 491. The van der Waals surface area contributed by atoms with Crippen LogP contribution in [-0.4, -0.2) is 70.5 Å². The summed E-state index contributed by atoms with van der Waals surface area (Å²) in [5, 5.41) is 9.90. The third kappa shape index (κ3) is 4.68. The molecule has 0 aromatic rings. The SMILES string of the molecule is COC(O)C1CCC(N[S+]([O-])C2CCC(N3CCCCC3)C3NONC32)CC1. The van der Waals surface area contributed by atoms with Crippen LogP contribution in [0.1, 0.15) is 57.8 Å². The molecule has 6 atom stereocenters. The number of methoxy groups -OCH3 is 1. The maximum absolute atomic E-state index is 13.2. The summed E-state index contributed by atoms with van der Waals surface area (Å²) >= 11 is -1.10. The van der Waals surface area contributed by atoms with Crippen LogP contribution in [0.3, 0.4) is 0 Å². The van der Waals surface area contributed by atoms with Crippen LogP contribution in [0, 0.1) is 5.92 Å². The second-order valence-electron chi connectivity index (χ2n) is 8.82. The predicted molar refractivity (Wildman–Crippen MR) is 107 cm³/mol. The van der Waals surface area contributed by atoms with E-state index in [1.807, 2.05) is 0 Å². The van der Waals surface area contributed by atoms with Crippen molar-refractivity contribution < 1.29 is 19.3 Å². The maximum Gasteiger partial charge on any atom is 0.156 e. The van der Waals surface area contributed by atoms with E-state index < -0.39 is 17.7 Å². The normalized spacial score (nSPS) is 42.1. The molecule has 4 fully saturated rings. The van der Waals surface area contributed by atoms with Gasteiger partial charge in [-0.05, 0) is 58.0 Å². The van der Waals surface area contributed by atoms with E-state index in [9.17, 15) is 9.66 Å². The third-order valence-electron chi connectivity index (χ3n) is 7.17. The van der Waals surface area contributed by atoms with Gasteiger partial charge in [-0.1, -0.05) is 6.42 Å². The molecule has 2 aliphatic heterocycles. The Morgan fingerprint density at radius 1 is 1.07 bits per heavy atom. The first-order valence-electron chi connectivity index (χ1n) is 11.0. The van der Waals surface area contributed by atoms with Gasteiger partial charge in [0.2, 0.25) is 0 Å². The maximum atomic E-state index is 13.2. The number of nitrogens with one attached hydrogen (secondary N) is 3. The van der Waals surface area contributed by atoms with E-state index in [1.165, 1.54) is 19.3 Å². The quantitative estimate of drug-likeness (QED) is 0.368. The first-order chi connectivity index (χ1) is 13.7. The van der Waals surface area contributed by atoms with E-state index in [-0.39, 0.29) is 29.3 Å². The largest absolute Gasteiger partial charge is 0.598 e. The highest BCUT2D eigenvalue weighted by molar-refractivity contribution is 7.90. The summed E-state index contributed by atoms with van der Waals surface area (Å²) in [6.45, 7) is 2.33. The van der Waals surface area contributed by atoms with Crippen LogP contribution in [0.25, 0.3) is 0 Å². The third-order valence-corrected chi connectivity index (χ3v) is 8.82. The van der Waals surface area contributed by atoms with Crippen LogP contribution in [-0.2, 0) is 21.0 Å². The summed E-state index contributed by atoms with van der Waals surface area (Å²) in [7, 11) is 1.55. The number of aliphatic hydroxyl groups excluding tert-OH is 1. The smallest absolute Gasteiger partial charge is 0.156 e. The van der Waals surface area contributed by atoms with Gasteiger partial charge in [0.1, 0.15) is 6.04 Å². The average molecular weight is 417 g/mol. The van der Waals surface area contributed by atoms with Gasteiger partial charge in [0, 0.05) is 36.9 Å². The number of ether oxygens (including phenoxy) is 1. The molecule has 0 aromatic heterocycles. The molecule has 2 heterocycles. The lowest BCUT2D eigenvalue weighted by Crippen LogP contribution is -2.63. The van der Waals surface area contributed by atoms with Gasteiger partial charge >= 0.3 is 0 Å². The van der Waals surface area contributed by atoms with Gasteiger partial charge in [-0.15, -0.1) is 4.72 Å². The fourth-order valence-corrected chi connectivity index (χ4v) is 7.08. The van der Waals surface area contributed by atoms with Gasteiger partial charge in [-0.25, -0.2) is 4.94 Å². The van der Waals surface area contributed by atoms with Crippen LogP contribution in [0.15, 0.2) is 0 Å². The summed E-state index contributed by atoms with van der Waals surface area (Å²) in [5.74, 6) is 0.190. The number of fused-ring (bicyclic) bond motifs is 1. The van der Waals surface area contributed by atoms with Crippen LogP contribution in [0.4, 0.5) is 0 Å². The molecule has 162 valence electrons. The number of piperidine rings is 1. The van der Waals surface area contributed by atoms with E-state index in [2.05, 4.69) is 20.6 Å². The summed E-state index contributed by atoms with van der Waals surface area (Å²) in [4.78, 5) is 8.00. The molecular formula is C19H36N4O4S. The Morgan fingerprint density at radius 3 is 2.50 bits per heavy atom. The van der Waals surface area contributed by atoms with Crippen molar-refractivity contribution >= 4 is 11.4 Å². The first-order valence-corrected chi connectivity index (χ1v) is 12.2. The second kappa shape index (κ2) is 9.89. The Labute approximate surface area is 171 Å². The van der Waals surface area contributed by atoms with Gasteiger partial charge in [-0.3, -0.25) is 4.90 Å². The van der Waals surface area contributed by atoms with Crippen molar-refractivity contribution in [2.45, 2.75) is 93.5 Å². The lowest BCUT2D eigenvalue weighted by atomic mass is 9.85. The first kappa shape index (κ1) is 21.3. The molecule has 0 amide bonds. The van der Waals surface area contributed by atoms with Crippen molar-refractivity contribution in [2.75, 3.05) is 20.2 Å². The summed E-state index contributed by atoms with van der Waals surface area (Å²) in [5.41, 5.74) is 6.27. The molecule has 6 unspecified atom stereocenters. The lowest BCUT2D eigenvalue weighted by Gasteiger charge is -2.44. The summed E-state index contributed by atoms with van der Waals surface area (Å²) < 4.78 is 21.6. The van der Waals surface area contributed by atoms with Gasteiger partial charge in [0.25, 0.3) is 0 Å². The summed E-state index contributed by atoms with van der Waals surface area (Å²) in [6, 6.07) is 0.963. The molecule has 0 bridgehead atoms. The molecule has 4 rings (SSSR count). The molecule has 0 aromatic carbocycles. The van der Waals surface area contributed by atoms with Crippen molar-refractivity contribution in [3.05, 3.63) is 0 Å². The average Bonchev–Trinajstić information content (AvgIpc) is 3.23. The van der Waals surface area contributed by atoms with Crippen molar-refractivity contribution in [3.8, 4) is 0 Å². The van der Waals surface area contributed by atoms with Crippen LogP contribution < -0.4 is 15.7 Å². The van der Waals surface area contributed by atoms with Crippen LogP contribution in [0.5, 0.6) is 0 Å². The van der Waals surface area contributed by atoms with Gasteiger partial charge in [0.05, 0.1) is 12.1 Å². The number of likely N-dealkylation sites (tertiary alicyclic amines) is 1. The standard InChI is InChI=1S/C19H36N4O4S/c1-26-19(24)13-5-7-14(8-6-13)22-28(25)16-10-9-15(17-18(16)21-27-20-17)23-11-3-2-4-12-23/h13-22,24H,2-12H2,1H3. The summed E-state index contributed by atoms with van der Waals surface area (Å²) in [6.07, 6.45) is 8.87. The highest BCUT2D eigenvalue weighted by atomic mass is 32.2. The number of rotatable bonds is 6. The highest BCUT2D eigenvalue weighted by Crippen LogP contribution is 2.33. The molecule has 2 saturated heterocycles. The molecular weight excluding hydrogens is 380 g/mol. The van der Waals surface area contributed by atoms with Crippen molar-refractivity contribution in [2.24, 2.45) is 5.92 Å². The fourth-order valence-electron chi connectivity index (χ4n) is 5.50. The molecule has 4 aliphatic rings. The number of hydrogen-bond acceptors (Lipinski definition) is 8. The predicted octanol–water partition coefficient (Wildman–Crippen LogP) is 0.557. The van der Waals surface area contributed by atoms with Crippen LogP contribution >= 0.6 is 0 Å². The zero-order valence-corrected chi connectivity index (χ0v) is 17.7. The molecule has 8 nitrogen and oxygen atoms in total. The number of hydrogen-bond donors (Lipinski definition) is 4. The van der Waals surface area contributed by atoms with Crippen molar-refractivity contribution in [3.63, 3.8) is 0 Å². The van der Waals surface area contributed by atoms with E-state index in [4.69, 9.17) is 9.68 Å². The molecule has 2 saturated carbocycles. The van der Waals surface area contributed by atoms with E-state index in [0.29, 0.717) is 6.04 Å². The Kier molecular flexibility index (Phi) is 7.51. The number of hydroxylamine groups is 2. The highest BCUT2D eigenvalue weighted by Gasteiger charge is 2.50. The van der Waals surface area contributed by atoms with Crippen LogP contribution in [0.2, 0.25) is 0 Å². The second-order valence-corrected chi connectivity index (χ2v) is 10.3. The molecule has 4 N–H and O–H groups in total. The molecule has 9 heteroatoms. The van der Waals surface area contributed by atoms with Gasteiger partial charge < -0.3 is 14.4 Å². The number of aliphatic hydroxyl groups is 1. The van der Waals surface area contributed by atoms with Gasteiger partial charge in [0.15, 0.2) is 11.5 Å². The van der Waals surface area contributed by atoms with Crippen molar-refractivity contribution in [1.29, 1.82) is 0 Å². The zero-order valence-electron chi connectivity index (χ0n) is 16.8. The molecule has 0 spiro atoms. The van der Waals surface area contributed by atoms with Gasteiger partial charge in [-0.2, -0.15) is 11.0 Å². The topological polar surface area (TPSA) is 101 Å². The Balaban J connectivity index is 1.30. The Hall–Kier alpha value is 0.0300. The zero-order chi connectivity index (χ0) is 19.5. The molecule has 2 aliphatic carbocycles. The number of nitrogens with zero attached hydrogens (tertiary/aromatic N) is 1. The monoisotopic (exact) mass is 416 g/mol. The van der Waals surface area contributed by atoms with Crippen molar-refractivity contribution in [1.82, 2.24) is 20.6 Å².